The summed E-state index contributed by atoms with van der Waals surface area (Å²) in [7, 11) is 1.77. The van der Waals surface area contributed by atoms with Gasteiger partial charge in [-0.05, 0) is 6.42 Å². The van der Waals surface area contributed by atoms with Crippen LogP contribution in [-0.2, 0) is 13.5 Å². The third kappa shape index (κ3) is 1.48. The molecule has 0 spiro atoms. The smallest absolute Gasteiger partial charge is 0.134 e. The van der Waals surface area contributed by atoms with E-state index in [-0.39, 0.29) is 0 Å². The SMILES string of the molecule is CCc1nc(-c2cnn(C)n2)c(N)s1. The lowest BCUT2D eigenvalue weighted by Crippen LogP contribution is -1.92. The first kappa shape index (κ1) is 9.14. The minimum absolute atomic E-state index is 0.711. The summed E-state index contributed by atoms with van der Waals surface area (Å²) < 4.78 is 0. The van der Waals surface area contributed by atoms with Gasteiger partial charge in [0.1, 0.15) is 16.4 Å². The third-order valence-corrected chi connectivity index (χ3v) is 2.87. The van der Waals surface area contributed by atoms with Crippen LogP contribution >= 0.6 is 11.3 Å². The zero-order valence-corrected chi connectivity index (χ0v) is 8.88. The maximum Gasteiger partial charge on any atom is 0.134 e. The van der Waals surface area contributed by atoms with E-state index in [1.807, 2.05) is 0 Å². The highest BCUT2D eigenvalue weighted by molar-refractivity contribution is 7.16. The summed E-state index contributed by atoms with van der Waals surface area (Å²) in [4.78, 5) is 5.89. The molecule has 0 atom stereocenters. The molecule has 0 aliphatic rings. The summed E-state index contributed by atoms with van der Waals surface area (Å²) in [6.07, 6.45) is 2.57. The average molecular weight is 209 g/mol. The van der Waals surface area contributed by atoms with Crippen molar-refractivity contribution in [3.63, 3.8) is 0 Å². The maximum atomic E-state index is 5.84. The van der Waals surface area contributed by atoms with Crippen molar-refractivity contribution in [2.24, 2.45) is 7.05 Å². The number of rotatable bonds is 2. The molecule has 2 aromatic heterocycles. The number of anilines is 1. The molecule has 6 heteroatoms. The highest BCUT2D eigenvalue weighted by atomic mass is 32.1. The molecule has 0 saturated carbocycles. The topological polar surface area (TPSA) is 69.6 Å². The van der Waals surface area contributed by atoms with E-state index in [2.05, 4.69) is 22.1 Å². The predicted octanol–water partition coefficient (Wildman–Crippen LogP) is 1.08. The van der Waals surface area contributed by atoms with Crippen molar-refractivity contribution in [1.29, 1.82) is 0 Å². The first-order valence-electron chi connectivity index (χ1n) is 4.32. The summed E-state index contributed by atoms with van der Waals surface area (Å²) in [6.45, 7) is 2.05. The van der Waals surface area contributed by atoms with E-state index in [4.69, 9.17) is 5.73 Å². The van der Waals surface area contributed by atoms with Gasteiger partial charge in [-0.15, -0.1) is 11.3 Å². The summed E-state index contributed by atoms with van der Waals surface area (Å²) in [5.74, 6) is 0. The van der Waals surface area contributed by atoms with E-state index >= 15 is 0 Å². The Hall–Kier alpha value is -1.43. The first-order chi connectivity index (χ1) is 6.70. The Labute approximate surface area is 85.6 Å². The van der Waals surface area contributed by atoms with E-state index in [0.29, 0.717) is 5.00 Å². The number of nitrogen functional groups attached to an aromatic ring is 1. The average Bonchev–Trinajstić information content (AvgIpc) is 2.71. The van der Waals surface area contributed by atoms with Crippen LogP contribution in [0.4, 0.5) is 5.00 Å². The van der Waals surface area contributed by atoms with Crippen LogP contribution in [0.5, 0.6) is 0 Å². The molecule has 2 N–H and O–H groups in total. The van der Waals surface area contributed by atoms with Crippen LogP contribution in [-0.4, -0.2) is 20.0 Å². The van der Waals surface area contributed by atoms with Crippen molar-refractivity contribution in [3.8, 4) is 11.4 Å². The van der Waals surface area contributed by atoms with Crippen LogP contribution in [0.3, 0.4) is 0 Å². The Morgan fingerprint density at radius 1 is 1.57 bits per heavy atom. The fourth-order valence-corrected chi connectivity index (χ4v) is 1.95. The molecule has 14 heavy (non-hydrogen) atoms. The van der Waals surface area contributed by atoms with Gasteiger partial charge in [0.05, 0.1) is 11.2 Å². The summed E-state index contributed by atoms with van der Waals surface area (Å²) in [5.41, 5.74) is 7.32. The van der Waals surface area contributed by atoms with Crippen molar-refractivity contribution in [2.45, 2.75) is 13.3 Å². The second kappa shape index (κ2) is 3.38. The zero-order valence-electron chi connectivity index (χ0n) is 8.06. The second-order valence-corrected chi connectivity index (χ2v) is 4.01. The van der Waals surface area contributed by atoms with E-state index in [1.165, 1.54) is 16.1 Å². The lowest BCUT2D eigenvalue weighted by atomic mass is 10.3. The Balaban J connectivity index is 2.45. The molecule has 0 aromatic carbocycles. The van der Waals surface area contributed by atoms with E-state index in [0.717, 1.165) is 22.8 Å². The molecule has 0 amide bonds. The largest absolute Gasteiger partial charge is 0.389 e. The molecular formula is C8H11N5S. The van der Waals surface area contributed by atoms with Crippen LogP contribution in [0, 0.1) is 0 Å². The predicted molar refractivity (Wildman–Crippen MR) is 55.9 cm³/mol. The Kier molecular flexibility index (Phi) is 2.20. The molecule has 0 unspecified atom stereocenters. The van der Waals surface area contributed by atoms with Gasteiger partial charge in [0.25, 0.3) is 0 Å². The maximum absolute atomic E-state index is 5.84. The van der Waals surface area contributed by atoms with Crippen molar-refractivity contribution < 1.29 is 0 Å². The van der Waals surface area contributed by atoms with E-state index < -0.39 is 0 Å². The number of thiazole rings is 1. The minimum atomic E-state index is 0.711. The van der Waals surface area contributed by atoms with E-state index in [9.17, 15) is 0 Å². The van der Waals surface area contributed by atoms with Crippen LogP contribution < -0.4 is 5.73 Å². The highest BCUT2D eigenvalue weighted by Gasteiger charge is 2.12. The summed E-state index contributed by atoms with van der Waals surface area (Å²) in [6, 6.07) is 0. The Bertz CT molecular complexity index is 444. The molecule has 2 heterocycles. The van der Waals surface area contributed by atoms with Gasteiger partial charge in [0, 0.05) is 7.05 Å². The molecule has 0 aliphatic heterocycles. The van der Waals surface area contributed by atoms with Gasteiger partial charge in [-0.2, -0.15) is 15.0 Å². The molecular weight excluding hydrogens is 198 g/mol. The monoisotopic (exact) mass is 209 g/mol. The van der Waals surface area contributed by atoms with Gasteiger partial charge in [0.2, 0.25) is 0 Å². The van der Waals surface area contributed by atoms with Gasteiger partial charge in [-0.25, -0.2) is 4.98 Å². The quantitative estimate of drug-likeness (QED) is 0.803. The van der Waals surface area contributed by atoms with E-state index in [1.54, 1.807) is 13.2 Å². The van der Waals surface area contributed by atoms with Crippen molar-refractivity contribution >= 4 is 16.3 Å². The Morgan fingerprint density at radius 2 is 2.36 bits per heavy atom. The third-order valence-electron chi connectivity index (χ3n) is 1.84. The molecule has 5 nitrogen and oxygen atoms in total. The first-order valence-corrected chi connectivity index (χ1v) is 5.14. The van der Waals surface area contributed by atoms with Gasteiger partial charge >= 0.3 is 0 Å². The molecule has 0 radical (unpaired) electrons. The fourth-order valence-electron chi connectivity index (χ4n) is 1.17. The molecule has 0 bridgehead atoms. The fraction of sp³-hybridized carbons (Fsp3) is 0.375. The van der Waals surface area contributed by atoms with Gasteiger partial charge in [-0.3, -0.25) is 0 Å². The number of aromatic nitrogens is 4. The zero-order chi connectivity index (χ0) is 10.1. The lowest BCUT2D eigenvalue weighted by molar-refractivity contribution is 0.655. The van der Waals surface area contributed by atoms with Gasteiger partial charge in [0.15, 0.2) is 0 Å². The van der Waals surface area contributed by atoms with Crippen molar-refractivity contribution in [3.05, 3.63) is 11.2 Å². The number of hydrogen-bond donors (Lipinski definition) is 1. The normalized spacial score (nSPS) is 10.7. The summed E-state index contributed by atoms with van der Waals surface area (Å²) >= 11 is 1.51. The second-order valence-electron chi connectivity index (χ2n) is 2.89. The molecule has 0 aliphatic carbocycles. The summed E-state index contributed by atoms with van der Waals surface area (Å²) in [5, 5.41) is 9.88. The highest BCUT2D eigenvalue weighted by Crippen LogP contribution is 2.28. The minimum Gasteiger partial charge on any atom is -0.389 e. The number of aryl methyl sites for hydroxylation is 2. The lowest BCUT2D eigenvalue weighted by Gasteiger charge is -1.89. The number of nitrogens with two attached hydrogens (primary N) is 1. The van der Waals surface area contributed by atoms with Crippen LogP contribution in [0.25, 0.3) is 11.4 Å². The van der Waals surface area contributed by atoms with Crippen molar-refractivity contribution in [2.75, 3.05) is 5.73 Å². The molecule has 2 aromatic rings. The molecule has 2 rings (SSSR count). The molecule has 0 fully saturated rings. The number of hydrogen-bond acceptors (Lipinski definition) is 5. The van der Waals surface area contributed by atoms with Gasteiger partial charge in [-0.1, -0.05) is 6.92 Å². The standard InChI is InChI=1S/C8H11N5S/c1-3-6-11-7(8(9)14-6)5-4-10-13(2)12-5/h4H,3,9H2,1-2H3. The van der Waals surface area contributed by atoms with Crippen LogP contribution in [0.15, 0.2) is 6.20 Å². The molecule has 0 saturated heterocycles. The van der Waals surface area contributed by atoms with Crippen LogP contribution in [0.2, 0.25) is 0 Å². The Morgan fingerprint density at radius 3 is 2.86 bits per heavy atom. The van der Waals surface area contributed by atoms with Crippen LogP contribution in [0.1, 0.15) is 11.9 Å². The van der Waals surface area contributed by atoms with Gasteiger partial charge < -0.3 is 5.73 Å². The van der Waals surface area contributed by atoms with Crippen molar-refractivity contribution in [1.82, 2.24) is 20.0 Å². The number of nitrogens with zero attached hydrogens (tertiary/aromatic N) is 4. The molecule has 74 valence electrons.